The van der Waals surface area contributed by atoms with E-state index in [0.29, 0.717) is 37.1 Å². The Bertz CT molecular complexity index is 2090. The van der Waals surface area contributed by atoms with Gasteiger partial charge in [-0.15, -0.1) is 6.42 Å². The lowest BCUT2D eigenvalue weighted by Gasteiger charge is -2.25. The van der Waals surface area contributed by atoms with Crippen molar-refractivity contribution in [2.75, 3.05) is 11.9 Å². The van der Waals surface area contributed by atoms with E-state index >= 15 is 0 Å². The number of aromatic nitrogens is 1. The zero-order chi connectivity index (χ0) is 29.2. The molecule has 0 radical (unpaired) electrons. The number of halogens is 1. The van der Waals surface area contributed by atoms with Crippen molar-refractivity contribution in [1.82, 2.24) is 4.57 Å². The molecule has 4 aromatic carbocycles. The number of allylic oxidation sites excluding steroid dienone is 1. The Balaban J connectivity index is 1.55. The number of nitrogens with one attached hydrogen (secondary N) is 1. The van der Waals surface area contributed by atoms with Crippen LogP contribution in [0.1, 0.15) is 24.1 Å². The predicted octanol–water partition coefficient (Wildman–Crippen LogP) is 5.69. The summed E-state index contributed by atoms with van der Waals surface area (Å²) in [6.45, 7) is 1.88. The molecule has 0 spiro atoms. The van der Waals surface area contributed by atoms with E-state index in [-0.39, 0.29) is 18.1 Å². The SMILES string of the molecule is C#CCOc1ccc2ccccc2c1/C=c1\sc2n(c1=O)[C@H](c1ccc(Cl)cc1)C(C(=O)Nc1ccccc1)=C(C)N=2. The molecule has 1 atom stereocenters. The Hall–Kier alpha value is -4.90. The van der Waals surface area contributed by atoms with Crippen LogP contribution in [0.5, 0.6) is 5.75 Å². The first kappa shape index (κ1) is 27.3. The third-order valence-electron chi connectivity index (χ3n) is 7.00. The van der Waals surface area contributed by atoms with Gasteiger partial charge in [0.25, 0.3) is 11.5 Å². The molecule has 0 unspecified atom stereocenters. The van der Waals surface area contributed by atoms with E-state index in [1.54, 1.807) is 23.6 Å². The van der Waals surface area contributed by atoms with Crippen molar-refractivity contribution in [2.24, 2.45) is 4.99 Å². The first-order chi connectivity index (χ1) is 20.4. The monoisotopic (exact) mass is 589 g/mol. The number of ether oxygens (including phenoxy) is 1. The van der Waals surface area contributed by atoms with Gasteiger partial charge in [-0.1, -0.05) is 89.5 Å². The number of carbonyl (C=O) groups is 1. The van der Waals surface area contributed by atoms with Crippen LogP contribution >= 0.6 is 22.9 Å². The zero-order valence-electron chi connectivity index (χ0n) is 22.5. The minimum absolute atomic E-state index is 0.0933. The van der Waals surface area contributed by atoms with Crippen molar-refractivity contribution in [1.29, 1.82) is 0 Å². The summed E-state index contributed by atoms with van der Waals surface area (Å²) in [6, 6.07) is 27.3. The highest BCUT2D eigenvalue weighted by Crippen LogP contribution is 2.32. The fraction of sp³-hybridized carbons (Fsp3) is 0.0882. The molecule has 0 saturated heterocycles. The molecular formula is C34H24ClN3O3S. The zero-order valence-corrected chi connectivity index (χ0v) is 24.1. The highest BCUT2D eigenvalue weighted by atomic mass is 35.5. The van der Waals surface area contributed by atoms with E-state index in [0.717, 1.165) is 21.9 Å². The van der Waals surface area contributed by atoms with Crippen molar-refractivity contribution < 1.29 is 9.53 Å². The van der Waals surface area contributed by atoms with Gasteiger partial charge >= 0.3 is 0 Å². The summed E-state index contributed by atoms with van der Waals surface area (Å²) >= 11 is 7.47. The number of thiazole rings is 1. The lowest BCUT2D eigenvalue weighted by Crippen LogP contribution is -2.40. The second kappa shape index (κ2) is 11.5. The van der Waals surface area contributed by atoms with E-state index in [4.69, 9.17) is 27.8 Å². The van der Waals surface area contributed by atoms with Crippen LogP contribution in [0.3, 0.4) is 0 Å². The molecule has 6 rings (SSSR count). The number of fused-ring (bicyclic) bond motifs is 2. The number of anilines is 1. The molecule has 0 saturated carbocycles. The second-order valence-electron chi connectivity index (χ2n) is 9.64. The number of hydrogen-bond acceptors (Lipinski definition) is 5. The normalized spacial score (nSPS) is 14.7. The number of hydrogen-bond donors (Lipinski definition) is 1. The molecule has 8 heteroatoms. The van der Waals surface area contributed by atoms with Crippen molar-refractivity contribution in [2.45, 2.75) is 13.0 Å². The molecule has 6 nitrogen and oxygen atoms in total. The molecule has 5 aromatic rings. The number of para-hydroxylation sites is 1. The summed E-state index contributed by atoms with van der Waals surface area (Å²) < 4.78 is 7.90. The molecule has 1 aromatic heterocycles. The molecular weight excluding hydrogens is 566 g/mol. The van der Waals surface area contributed by atoms with Crippen LogP contribution in [0.2, 0.25) is 5.02 Å². The third-order valence-corrected chi connectivity index (χ3v) is 8.24. The Labute approximate surface area is 250 Å². The van der Waals surface area contributed by atoms with Gasteiger partial charge in [0.2, 0.25) is 0 Å². The molecule has 0 aliphatic carbocycles. The number of nitrogens with zero attached hydrogens (tertiary/aromatic N) is 2. The molecule has 1 amide bonds. The summed E-state index contributed by atoms with van der Waals surface area (Å²) in [5.41, 5.74) is 2.76. The Morgan fingerprint density at radius 1 is 1.07 bits per heavy atom. The fourth-order valence-electron chi connectivity index (χ4n) is 5.09. The minimum Gasteiger partial charge on any atom is -0.480 e. The number of benzene rings is 4. The number of amides is 1. The van der Waals surface area contributed by atoms with Crippen LogP contribution in [0.15, 0.2) is 112 Å². The molecule has 2 heterocycles. The lowest BCUT2D eigenvalue weighted by molar-refractivity contribution is -0.113. The first-order valence-corrected chi connectivity index (χ1v) is 14.4. The molecule has 1 aliphatic heterocycles. The molecule has 1 aliphatic rings. The van der Waals surface area contributed by atoms with Crippen LogP contribution in [0, 0.1) is 12.3 Å². The van der Waals surface area contributed by atoms with Crippen LogP contribution in [-0.2, 0) is 4.79 Å². The number of terminal acetylenes is 1. The quantitative estimate of drug-likeness (QED) is 0.259. The van der Waals surface area contributed by atoms with Gasteiger partial charge in [0.05, 0.1) is 21.8 Å². The molecule has 42 heavy (non-hydrogen) atoms. The smallest absolute Gasteiger partial charge is 0.271 e. The highest BCUT2D eigenvalue weighted by Gasteiger charge is 2.32. The standard InChI is InChI=1S/C34H24ClN3O3S/c1-3-19-41-28-18-15-22-9-7-8-12-26(22)27(28)20-29-33(40)38-31(23-13-16-24(35)17-14-23)30(21(2)36-34(38)42-29)32(39)37-25-10-5-4-6-11-25/h1,4-18,20,31H,19H2,2H3,(H,37,39)/b29-20-/t31-/m1/s1. The number of rotatable bonds is 6. The minimum atomic E-state index is -0.714. The van der Waals surface area contributed by atoms with Crippen LogP contribution in [0.25, 0.3) is 16.8 Å². The topological polar surface area (TPSA) is 72.7 Å². The highest BCUT2D eigenvalue weighted by molar-refractivity contribution is 7.07. The van der Waals surface area contributed by atoms with Gasteiger partial charge in [-0.05, 0) is 59.7 Å². The van der Waals surface area contributed by atoms with Crippen molar-refractivity contribution in [3.63, 3.8) is 0 Å². The van der Waals surface area contributed by atoms with Gasteiger partial charge in [0.1, 0.15) is 12.4 Å². The fourth-order valence-corrected chi connectivity index (χ4v) is 6.25. The van der Waals surface area contributed by atoms with Gasteiger partial charge in [-0.2, -0.15) is 0 Å². The maximum absolute atomic E-state index is 14.2. The molecule has 206 valence electrons. The van der Waals surface area contributed by atoms with Crippen molar-refractivity contribution in [3.05, 3.63) is 138 Å². The second-order valence-corrected chi connectivity index (χ2v) is 11.1. The summed E-state index contributed by atoms with van der Waals surface area (Å²) in [6.07, 6.45) is 7.29. The third kappa shape index (κ3) is 5.14. The molecule has 0 bridgehead atoms. The van der Waals surface area contributed by atoms with Gasteiger partial charge in [0, 0.05) is 16.3 Å². The van der Waals surface area contributed by atoms with E-state index in [1.807, 2.05) is 84.9 Å². The number of carbonyl (C=O) groups excluding carboxylic acids is 1. The largest absolute Gasteiger partial charge is 0.480 e. The predicted molar refractivity (Wildman–Crippen MR) is 169 cm³/mol. The van der Waals surface area contributed by atoms with Crippen LogP contribution < -0.4 is 24.9 Å². The van der Waals surface area contributed by atoms with Crippen LogP contribution in [0.4, 0.5) is 5.69 Å². The maximum atomic E-state index is 14.2. The first-order valence-electron chi connectivity index (χ1n) is 13.2. The van der Waals surface area contributed by atoms with E-state index in [9.17, 15) is 9.59 Å². The van der Waals surface area contributed by atoms with Gasteiger partial charge in [0.15, 0.2) is 4.80 Å². The maximum Gasteiger partial charge on any atom is 0.271 e. The average Bonchev–Trinajstić information content (AvgIpc) is 3.30. The summed E-state index contributed by atoms with van der Waals surface area (Å²) in [5, 5.41) is 5.44. The van der Waals surface area contributed by atoms with Crippen LogP contribution in [-0.4, -0.2) is 17.1 Å². The van der Waals surface area contributed by atoms with Gasteiger partial charge in [-0.3, -0.25) is 14.2 Å². The van der Waals surface area contributed by atoms with E-state index in [2.05, 4.69) is 11.2 Å². The van der Waals surface area contributed by atoms with E-state index in [1.165, 1.54) is 11.3 Å². The Morgan fingerprint density at radius 3 is 2.57 bits per heavy atom. The summed E-state index contributed by atoms with van der Waals surface area (Å²) in [4.78, 5) is 33.2. The molecule has 0 fully saturated rings. The molecule has 1 N–H and O–H groups in total. The summed E-state index contributed by atoms with van der Waals surface area (Å²) in [5.74, 6) is 2.74. The van der Waals surface area contributed by atoms with Gasteiger partial charge < -0.3 is 10.1 Å². The van der Waals surface area contributed by atoms with Crippen molar-refractivity contribution >= 4 is 51.4 Å². The summed E-state index contributed by atoms with van der Waals surface area (Å²) in [7, 11) is 0. The van der Waals surface area contributed by atoms with Gasteiger partial charge in [-0.25, -0.2) is 4.99 Å². The Morgan fingerprint density at radius 2 is 1.81 bits per heavy atom. The lowest BCUT2D eigenvalue weighted by atomic mass is 9.95. The van der Waals surface area contributed by atoms with E-state index < -0.39 is 6.04 Å². The van der Waals surface area contributed by atoms with Crippen molar-refractivity contribution in [3.8, 4) is 18.1 Å². The average molecular weight is 590 g/mol. The Kier molecular flexibility index (Phi) is 7.49.